The monoisotopic (exact) mass is 201 g/mol. The Morgan fingerprint density at radius 2 is 2.20 bits per heavy atom. The van der Waals surface area contributed by atoms with Gasteiger partial charge in [0.25, 0.3) is 0 Å². The van der Waals surface area contributed by atoms with Crippen LogP contribution in [0, 0.1) is 0 Å². The number of aromatic nitrogens is 3. The minimum absolute atomic E-state index is 0.0296. The summed E-state index contributed by atoms with van der Waals surface area (Å²) in [6.45, 7) is 3.78. The number of ketones is 1. The van der Waals surface area contributed by atoms with E-state index in [1.54, 1.807) is 35.4 Å². The van der Waals surface area contributed by atoms with Crippen LogP contribution in [-0.4, -0.2) is 20.4 Å². The van der Waals surface area contributed by atoms with E-state index in [-0.39, 0.29) is 5.78 Å². The van der Waals surface area contributed by atoms with Crippen LogP contribution in [0.25, 0.3) is 5.52 Å². The summed E-state index contributed by atoms with van der Waals surface area (Å²) in [4.78, 5) is 15.7. The molecule has 0 aliphatic carbocycles. The molecule has 0 aromatic carbocycles. The smallest absolute Gasteiger partial charge is 0.189 e. The van der Waals surface area contributed by atoms with E-state index in [0.29, 0.717) is 5.56 Å². The molecule has 0 fully saturated rings. The van der Waals surface area contributed by atoms with E-state index in [9.17, 15) is 4.79 Å². The largest absolute Gasteiger partial charge is 0.289 e. The Hall–Kier alpha value is -1.97. The molecule has 0 atom stereocenters. The van der Waals surface area contributed by atoms with E-state index in [0.717, 1.165) is 11.1 Å². The van der Waals surface area contributed by atoms with Gasteiger partial charge in [0.15, 0.2) is 5.78 Å². The highest BCUT2D eigenvalue weighted by Gasteiger charge is 2.09. The Bertz CT molecular complexity index is 536. The van der Waals surface area contributed by atoms with Crippen molar-refractivity contribution in [3.8, 4) is 0 Å². The summed E-state index contributed by atoms with van der Waals surface area (Å²) in [5.74, 6) is -0.0296. The molecular formula is C11H11N3O. The van der Waals surface area contributed by atoms with Gasteiger partial charge in [-0.25, -0.2) is 4.52 Å². The molecule has 2 heterocycles. The van der Waals surface area contributed by atoms with E-state index in [1.807, 2.05) is 13.8 Å². The van der Waals surface area contributed by atoms with Crippen molar-refractivity contribution in [2.75, 3.05) is 0 Å². The zero-order valence-corrected chi connectivity index (χ0v) is 8.64. The molecule has 2 aromatic rings. The lowest BCUT2D eigenvalue weighted by atomic mass is 10.1. The second-order valence-corrected chi connectivity index (χ2v) is 3.55. The maximum absolute atomic E-state index is 11.8. The number of allylic oxidation sites excluding steroid dienone is 2. The number of nitrogens with zero attached hydrogens (tertiary/aromatic N) is 3. The summed E-state index contributed by atoms with van der Waals surface area (Å²) >= 11 is 0. The van der Waals surface area contributed by atoms with Gasteiger partial charge in [-0.2, -0.15) is 5.10 Å². The van der Waals surface area contributed by atoms with Gasteiger partial charge in [-0.15, -0.1) is 0 Å². The Balaban J connectivity index is 2.53. The summed E-state index contributed by atoms with van der Waals surface area (Å²) < 4.78 is 1.64. The fourth-order valence-corrected chi connectivity index (χ4v) is 1.36. The van der Waals surface area contributed by atoms with Crippen LogP contribution in [0.3, 0.4) is 0 Å². The van der Waals surface area contributed by atoms with Crippen LogP contribution in [0.2, 0.25) is 0 Å². The zero-order chi connectivity index (χ0) is 10.8. The van der Waals surface area contributed by atoms with Gasteiger partial charge in [0, 0.05) is 12.4 Å². The SMILES string of the molecule is CC(C)=CC(=O)c1cnn2ccncc12. The number of carbonyl (C=O) groups excluding carboxylic acids is 1. The number of carbonyl (C=O) groups is 1. The van der Waals surface area contributed by atoms with E-state index >= 15 is 0 Å². The molecule has 0 saturated carbocycles. The van der Waals surface area contributed by atoms with Crippen LogP contribution in [0.1, 0.15) is 24.2 Å². The average Bonchev–Trinajstić information content (AvgIpc) is 2.59. The van der Waals surface area contributed by atoms with Crippen molar-refractivity contribution in [2.24, 2.45) is 0 Å². The van der Waals surface area contributed by atoms with Gasteiger partial charge in [-0.05, 0) is 19.9 Å². The van der Waals surface area contributed by atoms with Crippen molar-refractivity contribution in [1.29, 1.82) is 0 Å². The summed E-state index contributed by atoms with van der Waals surface area (Å²) in [6.07, 6.45) is 8.16. The lowest BCUT2D eigenvalue weighted by Gasteiger charge is -1.94. The summed E-state index contributed by atoms with van der Waals surface area (Å²) in [7, 11) is 0. The van der Waals surface area contributed by atoms with Gasteiger partial charge in [0.2, 0.25) is 0 Å². The van der Waals surface area contributed by atoms with Crippen molar-refractivity contribution in [3.63, 3.8) is 0 Å². The van der Waals surface area contributed by atoms with Crippen LogP contribution in [-0.2, 0) is 0 Å². The zero-order valence-electron chi connectivity index (χ0n) is 8.64. The molecule has 0 bridgehead atoms. The van der Waals surface area contributed by atoms with Crippen molar-refractivity contribution >= 4 is 11.3 Å². The Morgan fingerprint density at radius 1 is 1.40 bits per heavy atom. The standard InChI is InChI=1S/C11H11N3O/c1-8(2)5-11(15)9-6-13-14-4-3-12-7-10(9)14/h3-7H,1-2H3. The fourth-order valence-electron chi connectivity index (χ4n) is 1.36. The lowest BCUT2D eigenvalue weighted by molar-refractivity contribution is 0.104. The van der Waals surface area contributed by atoms with Crippen LogP contribution in [0.5, 0.6) is 0 Å². The molecule has 0 N–H and O–H groups in total. The third kappa shape index (κ3) is 1.79. The van der Waals surface area contributed by atoms with Crippen LogP contribution < -0.4 is 0 Å². The van der Waals surface area contributed by atoms with Gasteiger partial charge in [0.05, 0.1) is 23.5 Å². The number of fused-ring (bicyclic) bond motifs is 1. The van der Waals surface area contributed by atoms with Crippen LogP contribution >= 0.6 is 0 Å². The van der Waals surface area contributed by atoms with E-state index < -0.39 is 0 Å². The minimum Gasteiger partial charge on any atom is -0.289 e. The predicted octanol–water partition coefficient (Wildman–Crippen LogP) is 1.88. The quantitative estimate of drug-likeness (QED) is 0.550. The number of rotatable bonds is 2. The van der Waals surface area contributed by atoms with Crippen molar-refractivity contribution < 1.29 is 4.79 Å². The van der Waals surface area contributed by atoms with Gasteiger partial charge in [-0.3, -0.25) is 9.78 Å². The topological polar surface area (TPSA) is 47.3 Å². The summed E-state index contributed by atoms with van der Waals surface area (Å²) in [5.41, 5.74) is 2.30. The first-order valence-corrected chi connectivity index (χ1v) is 4.65. The maximum Gasteiger partial charge on any atom is 0.189 e. The molecule has 0 aliphatic rings. The third-order valence-corrected chi connectivity index (χ3v) is 2.01. The highest BCUT2D eigenvalue weighted by atomic mass is 16.1. The molecule has 4 heteroatoms. The van der Waals surface area contributed by atoms with Crippen molar-refractivity contribution in [1.82, 2.24) is 14.6 Å². The average molecular weight is 201 g/mol. The second kappa shape index (κ2) is 3.65. The minimum atomic E-state index is -0.0296. The molecule has 0 spiro atoms. The van der Waals surface area contributed by atoms with E-state index in [1.165, 1.54) is 0 Å². The Morgan fingerprint density at radius 3 is 2.93 bits per heavy atom. The Kier molecular flexibility index (Phi) is 2.33. The van der Waals surface area contributed by atoms with Crippen LogP contribution in [0.4, 0.5) is 0 Å². The molecule has 2 rings (SSSR count). The lowest BCUT2D eigenvalue weighted by Crippen LogP contribution is -1.95. The van der Waals surface area contributed by atoms with Gasteiger partial charge < -0.3 is 0 Å². The molecule has 4 nitrogen and oxygen atoms in total. The molecule has 0 radical (unpaired) electrons. The molecule has 0 aliphatic heterocycles. The molecule has 76 valence electrons. The summed E-state index contributed by atoms with van der Waals surface area (Å²) in [6, 6.07) is 0. The van der Waals surface area contributed by atoms with Gasteiger partial charge in [-0.1, -0.05) is 5.57 Å². The molecule has 0 amide bonds. The summed E-state index contributed by atoms with van der Waals surface area (Å²) in [5, 5.41) is 4.07. The highest BCUT2D eigenvalue weighted by Crippen LogP contribution is 2.10. The number of hydrogen-bond acceptors (Lipinski definition) is 3. The van der Waals surface area contributed by atoms with E-state index in [2.05, 4.69) is 10.1 Å². The predicted molar refractivity (Wildman–Crippen MR) is 56.7 cm³/mol. The van der Waals surface area contributed by atoms with Gasteiger partial charge in [0.1, 0.15) is 0 Å². The first-order chi connectivity index (χ1) is 7.18. The highest BCUT2D eigenvalue weighted by molar-refractivity contribution is 6.09. The normalized spacial score (nSPS) is 10.3. The second-order valence-electron chi connectivity index (χ2n) is 3.55. The van der Waals surface area contributed by atoms with Gasteiger partial charge >= 0.3 is 0 Å². The molecular weight excluding hydrogens is 190 g/mol. The Labute approximate surface area is 87.3 Å². The first kappa shape index (κ1) is 9.58. The number of hydrogen-bond donors (Lipinski definition) is 0. The maximum atomic E-state index is 11.8. The molecule has 0 saturated heterocycles. The molecule has 2 aromatic heterocycles. The molecule has 0 unspecified atom stereocenters. The molecule has 15 heavy (non-hydrogen) atoms. The van der Waals surface area contributed by atoms with Crippen molar-refractivity contribution in [3.05, 3.63) is 42.0 Å². The third-order valence-electron chi connectivity index (χ3n) is 2.01. The van der Waals surface area contributed by atoms with Crippen LogP contribution in [0.15, 0.2) is 36.4 Å². The van der Waals surface area contributed by atoms with Crippen molar-refractivity contribution in [2.45, 2.75) is 13.8 Å². The first-order valence-electron chi connectivity index (χ1n) is 4.65. The fraction of sp³-hybridized carbons (Fsp3) is 0.182. The van der Waals surface area contributed by atoms with E-state index in [4.69, 9.17) is 0 Å².